The van der Waals surface area contributed by atoms with Crippen LogP contribution in [0.2, 0.25) is 0 Å². The molecule has 0 fully saturated rings. The maximum absolute atomic E-state index is 12.2. The summed E-state index contributed by atoms with van der Waals surface area (Å²) in [6, 6.07) is 0. The molecule has 1 atom stereocenters. The quantitative estimate of drug-likeness (QED) is 0.550. The smallest absolute Gasteiger partial charge is 0.305 e. The zero-order valence-corrected chi connectivity index (χ0v) is 12.1. The molecule has 0 saturated carbocycles. The Kier molecular flexibility index (Phi) is 6.92. The molecule has 6 heteroatoms. The van der Waals surface area contributed by atoms with Crippen LogP contribution < -0.4 is 0 Å². The lowest BCUT2D eigenvalue weighted by molar-refractivity contribution is 0.142. The van der Waals surface area contributed by atoms with Gasteiger partial charge in [-0.1, -0.05) is 15.9 Å². The van der Waals surface area contributed by atoms with E-state index >= 15 is 0 Å². The van der Waals surface area contributed by atoms with Gasteiger partial charge in [-0.15, -0.1) is 11.6 Å². The van der Waals surface area contributed by atoms with Crippen molar-refractivity contribution >= 4 is 35.1 Å². The van der Waals surface area contributed by atoms with Gasteiger partial charge in [-0.05, 0) is 27.7 Å². The molecule has 0 aliphatic carbocycles. The molecule has 0 saturated heterocycles. The standard InChI is InChI=1S/C8H17BrClO3P/c1-6(2)12-14(11,8(9)5-10)13-7(3)4/h6-8H,5H2,1-4H3. The molecule has 0 radical (unpaired) electrons. The summed E-state index contributed by atoms with van der Waals surface area (Å²) in [7, 11) is -3.14. The second-order valence-electron chi connectivity index (χ2n) is 3.44. The van der Waals surface area contributed by atoms with Crippen molar-refractivity contribution in [2.75, 3.05) is 5.88 Å². The van der Waals surface area contributed by atoms with Gasteiger partial charge in [0.15, 0.2) is 0 Å². The lowest BCUT2D eigenvalue weighted by atomic mass is 10.5. The molecule has 0 aliphatic heterocycles. The Hall–Kier alpha value is 0.920. The molecule has 0 N–H and O–H groups in total. The predicted molar refractivity (Wildman–Crippen MR) is 63.5 cm³/mol. The third-order valence-electron chi connectivity index (χ3n) is 1.19. The summed E-state index contributed by atoms with van der Waals surface area (Å²) in [6.07, 6.45) is -0.300. The minimum absolute atomic E-state index is 0.150. The molecule has 0 rings (SSSR count). The van der Waals surface area contributed by atoms with Gasteiger partial charge in [0.1, 0.15) is 4.57 Å². The Morgan fingerprint density at radius 2 is 1.57 bits per heavy atom. The Morgan fingerprint density at radius 3 is 1.79 bits per heavy atom. The Balaban J connectivity index is 4.58. The lowest BCUT2D eigenvalue weighted by Crippen LogP contribution is -2.15. The molecule has 0 heterocycles. The van der Waals surface area contributed by atoms with E-state index < -0.39 is 12.2 Å². The van der Waals surface area contributed by atoms with Crippen LogP contribution in [0.15, 0.2) is 0 Å². The monoisotopic (exact) mass is 306 g/mol. The molecule has 0 spiro atoms. The SMILES string of the molecule is CC(C)OP(=O)(OC(C)C)C(Br)CCl. The number of hydrogen-bond acceptors (Lipinski definition) is 3. The van der Waals surface area contributed by atoms with E-state index in [0.717, 1.165) is 0 Å². The number of hydrogen-bond donors (Lipinski definition) is 0. The van der Waals surface area contributed by atoms with E-state index in [1.165, 1.54) is 0 Å². The maximum atomic E-state index is 12.2. The largest absolute Gasteiger partial charge is 0.345 e. The highest BCUT2D eigenvalue weighted by atomic mass is 79.9. The second kappa shape index (κ2) is 6.49. The average molecular weight is 308 g/mol. The zero-order chi connectivity index (χ0) is 11.4. The molecule has 0 aromatic rings. The van der Waals surface area contributed by atoms with E-state index in [0.29, 0.717) is 0 Å². The zero-order valence-electron chi connectivity index (χ0n) is 8.87. The van der Waals surface area contributed by atoms with E-state index in [2.05, 4.69) is 15.9 Å². The highest BCUT2D eigenvalue weighted by Gasteiger charge is 2.35. The molecule has 0 aromatic carbocycles. The molecular formula is C8H17BrClO3P. The van der Waals surface area contributed by atoms with Gasteiger partial charge in [0.05, 0.1) is 12.2 Å². The van der Waals surface area contributed by atoms with Gasteiger partial charge in [-0.3, -0.25) is 4.57 Å². The van der Waals surface area contributed by atoms with Crippen molar-refractivity contribution in [2.24, 2.45) is 0 Å². The molecule has 86 valence electrons. The van der Waals surface area contributed by atoms with Crippen LogP contribution in [0.25, 0.3) is 0 Å². The summed E-state index contributed by atoms with van der Waals surface area (Å²) in [5.74, 6) is 0.191. The number of alkyl halides is 2. The minimum atomic E-state index is -3.14. The molecule has 1 unspecified atom stereocenters. The minimum Gasteiger partial charge on any atom is -0.305 e. The van der Waals surface area contributed by atoms with Crippen molar-refractivity contribution in [1.82, 2.24) is 0 Å². The summed E-state index contributed by atoms with van der Waals surface area (Å²) >= 11 is 8.84. The molecule has 0 amide bonds. The van der Waals surface area contributed by atoms with E-state index in [1.807, 2.05) is 27.7 Å². The van der Waals surface area contributed by atoms with Crippen molar-refractivity contribution in [3.8, 4) is 0 Å². The Labute approximate surface area is 99.2 Å². The highest BCUT2D eigenvalue weighted by Crippen LogP contribution is 2.57. The van der Waals surface area contributed by atoms with Gasteiger partial charge in [0.25, 0.3) is 0 Å². The maximum Gasteiger partial charge on any atom is 0.345 e. The van der Waals surface area contributed by atoms with Crippen LogP contribution in [0.3, 0.4) is 0 Å². The van der Waals surface area contributed by atoms with Crippen molar-refractivity contribution in [1.29, 1.82) is 0 Å². The first kappa shape index (κ1) is 14.9. The fourth-order valence-electron chi connectivity index (χ4n) is 0.829. The van der Waals surface area contributed by atoms with Crippen LogP contribution in [0.5, 0.6) is 0 Å². The second-order valence-corrected chi connectivity index (χ2v) is 7.68. The number of rotatable bonds is 6. The van der Waals surface area contributed by atoms with Gasteiger partial charge in [0.2, 0.25) is 0 Å². The van der Waals surface area contributed by atoms with E-state index in [-0.39, 0.29) is 18.1 Å². The molecule has 0 bridgehead atoms. The van der Waals surface area contributed by atoms with Crippen molar-refractivity contribution < 1.29 is 13.6 Å². The fraction of sp³-hybridized carbons (Fsp3) is 1.00. The fourth-order valence-corrected chi connectivity index (χ4v) is 3.57. The van der Waals surface area contributed by atoms with Crippen molar-refractivity contribution in [3.63, 3.8) is 0 Å². The van der Waals surface area contributed by atoms with Crippen LogP contribution in [0, 0.1) is 0 Å². The molecule has 14 heavy (non-hydrogen) atoms. The van der Waals surface area contributed by atoms with Crippen molar-refractivity contribution in [3.05, 3.63) is 0 Å². The van der Waals surface area contributed by atoms with Crippen LogP contribution >= 0.6 is 35.1 Å². The Morgan fingerprint density at radius 1 is 1.21 bits per heavy atom. The summed E-state index contributed by atoms with van der Waals surface area (Å²) in [5, 5.41) is 0. The molecule has 0 aromatic heterocycles. The lowest BCUT2D eigenvalue weighted by Gasteiger charge is -2.25. The number of halogens is 2. The summed E-state index contributed by atoms with van der Waals surface area (Å²) in [6.45, 7) is 7.24. The van der Waals surface area contributed by atoms with Gasteiger partial charge < -0.3 is 9.05 Å². The van der Waals surface area contributed by atoms with E-state index in [4.69, 9.17) is 20.6 Å². The topological polar surface area (TPSA) is 35.5 Å². The van der Waals surface area contributed by atoms with Crippen LogP contribution in [-0.4, -0.2) is 22.7 Å². The summed E-state index contributed by atoms with van der Waals surface area (Å²) < 4.78 is 22.3. The third kappa shape index (κ3) is 5.13. The summed E-state index contributed by atoms with van der Waals surface area (Å²) in [5.41, 5.74) is 0. The first-order valence-corrected chi connectivity index (χ1v) is 7.54. The van der Waals surface area contributed by atoms with Crippen LogP contribution in [-0.2, 0) is 13.6 Å². The van der Waals surface area contributed by atoms with Crippen molar-refractivity contribution in [2.45, 2.75) is 44.5 Å². The highest BCUT2D eigenvalue weighted by molar-refractivity contribution is 9.10. The predicted octanol–water partition coefficient (Wildman–Crippen LogP) is 3.99. The molecule has 3 nitrogen and oxygen atoms in total. The summed E-state index contributed by atoms with van der Waals surface area (Å²) in [4.78, 5) is 0. The molecular weight excluding hydrogens is 290 g/mol. The van der Waals surface area contributed by atoms with Gasteiger partial charge >= 0.3 is 7.60 Å². The van der Waals surface area contributed by atoms with E-state index in [1.54, 1.807) is 0 Å². The van der Waals surface area contributed by atoms with Crippen LogP contribution in [0.1, 0.15) is 27.7 Å². The normalized spacial score (nSPS) is 15.1. The first-order valence-electron chi connectivity index (χ1n) is 4.48. The third-order valence-corrected chi connectivity index (χ3v) is 6.21. The van der Waals surface area contributed by atoms with Crippen LogP contribution in [0.4, 0.5) is 0 Å². The van der Waals surface area contributed by atoms with E-state index in [9.17, 15) is 4.57 Å². The Bertz CT molecular complexity index is 197. The van der Waals surface area contributed by atoms with Gasteiger partial charge in [0, 0.05) is 5.88 Å². The van der Waals surface area contributed by atoms with Gasteiger partial charge in [-0.25, -0.2) is 0 Å². The van der Waals surface area contributed by atoms with Gasteiger partial charge in [-0.2, -0.15) is 0 Å². The average Bonchev–Trinajstić information content (AvgIpc) is 1.99. The molecule has 0 aliphatic rings. The first-order chi connectivity index (χ1) is 6.31.